The van der Waals surface area contributed by atoms with Gasteiger partial charge in [0, 0.05) is 24.5 Å². The lowest BCUT2D eigenvalue weighted by molar-refractivity contribution is -0.202. The fourth-order valence-electron chi connectivity index (χ4n) is 3.62. The number of fused-ring (bicyclic) bond motifs is 2. The quantitative estimate of drug-likeness (QED) is 0.801. The van der Waals surface area contributed by atoms with E-state index in [1.54, 1.807) is 18.5 Å². The first-order valence-electron chi connectivity index (χ1n) is 7.23. The van der Waals surface area contributed by atoms with Crippen LogP contribution in [0.4, 0.5) is 0 Å². The maximum absolute atomic E-state index is 9.82. The normalized spacial score (nSPS) is 31.8. The molecule has 0 aliphatic carbocycles. The van der Waals surface area contributed by atoms with Gasteiger partial charge in [-0.1, -0.05) is 17.7 Å². The van der Waals surface area contributed by atoms with E-state index >= 15 is 0 Å². The molecule has 2 saturated heterocycles. The van der Waals surface area contributed by atoms with Crippen molar-refractivity contribution >= 4 is 11.6 Å². The Morgan fingerprint density at radius 1 is 1.48 bits per heavy atom. The SMILES string of the molecule is C=CCON1[C@@H]2CC[C@H]1CC(C#N)(c1cncc(Cl)c1)C2. The summed E-state index contributed by atoms with van der Waals surface area (Å²) >= 11 is 6.05. The number of halogens is 1. The van der Waals surface area contributed by atoms with Gasteiger partial charge in [0.1, 0.15) is 0 Å². The lowest BCUT2D eigenvalue weighted by Gasteiger charge is -2.42. The molecular formula is C16H18ClN3O. The van der Waals surface area contributed by atoms with Gasteiger partial charge >= 0.3 is 0 Å². The van der Waals surface area contributed by atoms with Crippen LogP contribution in [0.1, 0.15) is 31.2 Å². The zero-order valence-corrected chi connectivity index (χ0v) is 12.6. The third kappa shape index (κ3) is 2.57. The summed E-state index contributed by atoms with van der Waals surface area (Å²) in [6, 6.07) is 4.97. The van der Waals surface area contributed by atoms with E-state index in [1.165, 1.54) is 0 Å². The number of hydrogen-bond donors (Lipinski definition) is 0. The molecule has 2 aliphatic heterocycles. The summed E-state index contributed by atoms with van der Waals surface area (Å²) in [7, 11) is 0. The molecule has 4 nitrogen and oxygen atoms in total. The molecular weight excluding hydrogens is 286 g/mol. The minimum absolute atomic E-state index is 0.280. The standard InChI is InChI=1S/C16H18ClN3O/c1-2-5-21-20-14-3-4-15(20)8-16(7-14,11-18)12-6-13(17)10-19-9-12/h2,6,9-10,14-15H,1,3-5,7-8H2/t14-,15+,16?. The van der Waals surface area contributed by atoms with Crippen LogP contribution in [0.5, 0.6) is 0 Å². The zero-order valence-electron chi connectivity index (χ0n) is 11.8. The molecule has 1 aromatic rings. The van der Waals surface area contributed by atoms with E-state index in [0.29, 0.717) is 11.6 Å². The molecule has 0 amide bonds. The predicted octanol–water partition coefficient (Wildman–Crippen LogP) is 3.24. The molecule has 3 heterocycles. The molecule has 0 saturated carbocycles. The van der Waals surface area contributed by atoms with Crippen LogP contribution in [-0.2, 0) is 10.3 Å². The van der Waals surface area contributed by atoms with E-state index < -0.39 is 5.41 Å². The predicted molar refractivity (Wildman–Crippen MR) is 80.6 cm³/mol. The fraction of sp³-hybridized carbons (Fsp3) is 0.500. The minimum Gasteiger partial charge on any atom is -0.294 e. The smallest absolute Gasteiger partial charge is 0.0869 e. The highest BCUT2D eigenvalue weighted by Gasteiger charge is 2.50. The number of piperidine rings is 1. The second kappa shape index (κ2) is 5.76. The van der Waals surface area contributed by atoms with Gasteiger partial charge in [-0.3, -0.25) is 9.82 Å². The van der Waals surface area contributed by atoms with Gasteiger partial charge in [-0.25, -0.2) is 0 Å². The highest BCUT2D eigenvalue weighted by atomic mass is 35.5. The number of nitrogens with zero attached hydrogens (tertiary/aromatic N) is 3. The fourth-order valence-corrected chi connectivity index (χ4v) is 3.80. The molecule has 21 heavy (non-hydrogen) atoms. The highest BCUT2D eigenvalue weighted by molar-refractivity contribution is 6.30. The molecule has 1 unspecified atom stereocenters. The van der Waals surface area contributed by atoms with Crippen LogP contribution in [0.15, 0.2) is 31.1 Å². The molecule has 2 fully saturated rings. The number of hydroxylamine groups is 2. The number of aromatic nitrogens is 1. The molecule has 0 aromatic carbocycles. The van der Waals surface area contributed by atoms with Gasteiger partial charge < -0.3 is 0 Å². The minimum atomic E-state index is -0.502. The first kappa shape index (κ1) is 14.5. The molecule has 2 aliphatic rings. The Morgan fingerprint density at radius 2 is 2.19 bits per heavy atom. The van der Waals surface area contributed by atoms with E-state index in [-0.39, 0.29) is 12.1 Å². The molecule has 0 spiro atoms. The summed E-state index contributed by atoms with van der Waals surface area (Å²) in [5.74, 6) is 0. The number of hydrogen-bond acceptors (Lipinski definition) is 4. The average molecular weight is 304 g/mol. The van der Waals surface area contributed by atoms with Crippen molar-refractivity contribution in [1.29, 1.82) is 5.26 Å². The van der Waals surface area contributed by atoms with E-state index in [1.807, 2.05) is 6.07 Å². The summed E-state index contributed by atoms with van der Waals surface area (Å²) in [5, 5.41) is 12.5. The molecule has 2 bridgehead atoms. The molecule has 110 valence electrons. The van der Waals surface area contributed by atoms with Crippen LogP contribution in [0.3, 0.4) is 0 Å². The van der Waals surface area contributed by atoms with Gasteiger partial charge in [0.05, 0.1) is 23.1 Å². The molecule has 1 aromatic heterocycles. The molecule has 0 N–H and O–H groups in total. The second-order valence-corrected chi connectivity index (χ2v) is 6.26. The Kier molecular flexibility index (Phi) is 3.99. The molecule has 3 atom stereocenters. The van der Waals surface area contributed by atoms with Gasteiger partial charge in [0.2, 0.25) is 0 Å². The van der Waals surface area contributed by atoms with Crippen LogP contribution in [0.2, 0.25) is 5.02 Å². The van der Waals surface area contributed by atoms with Gasteiger partial charge in [-0.05, 0) is 37.3 Å². The largest absolute Gasteiger partial charge is 0.294 e. The van der Waals surface area contributed by atoms with Gasteiger partial charge in [-0.2, -0.15) is 10.3 Å². The van der Waals surface area contributed by atoms with E-state index in [0.717, 1.165) is 31.2 Å². The zero-order chi connectivity index (χ0) is 14.9. The molecule has 5 heteroatoms. The van der Waals surface area contributed by atoms with Crippen molar-refractivity contribution in [2.75, 3.05) is 6.61 Å². The third-order valence-electron chi connectivity index (χ3n) is 4.53. The van der Waals surface area contributed by atoms with Gasteiger partial charge in [0.15, 0.2) is 0 Å². The van der Waals surface area contributed by atoms with Crippen molar-refractivity contribution < 1.29 is 4.84 Å². The summed E-state index contributed by atoms with van der Waals surface area (Å²) in [6.07, 6.45) is 8.80. The Balaban J connectivity index is 1.87. The van der Waals surface area contributed by atoms with Crippen molar-refractivity contribution in [2.24, 2.45) is 0 Å². The number of rotatable bonds is 4. The first-order valence-corrected chi connectivity index (χ1v) is 7.61. The third-order valence-corrected chi connectivity index (χ3v) is 4.74. The summed E-state index contributed by atoms with van der Waals surface area (Å²) in [5.41, 5.74) is 0.426. The van der Waals surface area contributed by atoms with E-state index in [4.69, 9.17) is 16.4 Å². The second-order valence-electron chi connectivity index (χ2n) is 5.82. The van der Waals surface area contributed by atoms with Crippen LogP contribution in [0.25, 0.3) is 0 Å². The van der Waals surface area contributed by atoms with Crippen molar-refractivity contribution in [3.05, 3.63) is 41.7 Å². The number of nitriles is 1. The Bertz CT molecular complexity index is 569. The Labute approximate surface area is 129 Å². The van der Waals surface area contributed by atoms with Crippen molar-refractivity contribution in [2.45, 2.75) is 43.2 Å². The topological polar surface area (TPSA) is 49.1 Å². The monoisotopic (exact) mass is 303 g/mol. The highest BCUT2D eigenvalue weighted by Crippen LogP contribution is 2.47. The summed E-state index contributed by atoms with van der Waals surface area (Å²) in [4.78, 5) is 9.93. The van der Waals surface area contributed by atoms with Crippen LogP contribution < -0.4 is 0 Å². The van der Waals surface area contributed by atoms with Crippen molar-refractivity contribution in [1.82, 2.24) is 10.0 Å². The van der Waals surface area contributed by atoms with Crippen molar-refractivity contribution in [3.63, 3.8) is 0 Å². The maximum Gasteiger partial charge on any atom is 0.0869 e. The Morgan fingerprint density at radius 3 is 2.76 bits per heavy atom. The number of pyridine rings is 1. The average Bonchev–Trinajstić information content (AvgIpc) is 2.74. The van der Waals surface area contributed by atoms with Crippen LogP contribution >= 0.6 is 11.6 Å². The Hall–Kier alpha value is -1.41. The molecule has 3 rings (SSSR count). The van der Waals surface area contributed by atoms with E-state index in [2.05, 4.69) is 22.7 Å². The van der Waals surface area contributed by atoms with E-state index in [9.17, 15) is 5.26 Å². The van der Waals surface area contributed by atoms with Gasteiger partial charge in [-0.15, -0.1) is 6.58 Å². The summed E-state index contributed by atoms with van der Waals surface area (Å²) in [6.45, 7) is 4.21. The van der Waals surface area contributed by atoms with Crippen LogP contribution in [0, 0.1) is 11.3 Å². The lowest BCUT2D eigenvalue weighted by Crippen LogP contribution is -2.49. The molecule has 0 radical (unpaired) electrons. The maximum atomic E-state index is 9.82. The first-order chi connectivity index (χ1) is 10.2. The van der Waals surface area contributed by atoms with Gasteiger partial charge in [0.25, 0.3) is 0 Å². The summed E-state index contributed by atoms with van der Waals surface area (Å²) < 4.78 is 0. The lowest BCUT2D eigenvalue weighted by atomic mass is 9.72. The van der Waals surface area contributed by atoms with Crippen molar-refractivity contribution in [3.8, 4) is 6.07 Å². The van der Waals surface area contributed by atoms with Crippen LogP contribution in [-0.4, -0.2) is 28.7 Å².